The van der Waals surface area contributed by atoms with Crippen molar-refractivity contribution in [1.29, 1.82) is 0 Å². The van der Waals surface area contributed by atoms with Crippen molar-refractivity contribution in [1.82, 2.24) is 15.6 Å². The zero-order chi connectivity index (χ0) is 16.1. The lowest BCUT2D eigenvalue weighted by Gasteiger charge is -2.14. The summed E-state index contributed by atoms with van der Waals surface area (Å²) < 4.78 is 13.2. The number of nitrogens with zero attached hydrogens (tertiary/aromatic N) is 1. The van der Waals surface area contributed by atoms with E-state index in [1.54, 1.807) is 6.07 Å². The van der Waals surface area contributed by atoms with Gasteiger partial charge in [0.15, 0.2) is 0 Å². The number of carbonyl (C=O) groups is 1. The van der Waals surface area contributed by atoms with Gasteiger partial charge in [-0.25, -0.2) is 9.37 Å². The van der Waals surface area contributed by atoms with Gasteiger partial charge in [0.1, 0.15) is 10.8 Å². The summed E-state index contributed by atoms with van der Waals surface area (Å²) in [7, 11) is 0. The molecular formula is C17H18FN3OS. The van der Waals surface area contributed by atoms with Crippen LogP contribution in [0.5, 0.6) is 0 Å². The molecule has 3 rings (SSSR count). The fourth-order valence-electron chi connectivity index (χ4n) is 2.41. The highest BCUT2D eigenvalue weighted by atomic mass is 32.1. The van der Waals surface area contributed by atoms with Gasteiger partial charge >= 0.3 is 0 Å². The molecule has 2 N–H and O–H groups in total. The van der Waals surface area contributed by atoms with Crippen molar-refractivity contribution in [3.05, 3.63) is 52.8 Å². The maximum atomic E-state index is 13.2. The summed E-state index contributed by atoms with van der Waals surface area (Å²) >= 11 is 1.42. The lowest BCUT2D eigenvalue weighted by Crippen LogP contribution is -2.30. The summed E-state index contributed by atoms with van der Waals surface area (Å²) in [5.74, 6) is -0.326. The third-order valence-electron chi connectivity index (χ3n) is 3.64. The monoisotopic (exact) mass is 331 g/mol. The van der Waals surface area contributed by atoms with Crippen LogP contribution in [0.2, 0.25) is 0 Å². The summed E-state index contributed by atoms with van der Waals surface area (Å²) in [6.45, 7) is 2.43. The maximum absolute atomic E-state index is 13.2. The van der Waals surface area contributed by atoms with Gasteiger partial charge in [0, 0.05) is 24.0 Å². The molecule has 2 heterocycles. The second kappa shape index (κ2) is 7.48. The van der Waals surface area contributed by atoms with Gasteiger partial charge in [0.05, 0.1) is 12.1 Å². The molecule has 1 aliphatic heterocycles. The van der Waals surface area contributed by atoms with Gasteiger partial charge in [-0.2, -0.15) is 0 Å². The SMILES string of the molecule is O=C(Cc1csc(-c2cccc(F)c2)n1)NCC1=CCNCC1. The van der Waals surface area contributed by atoms with Crippen LogP contribution in [0.25, 0.3) is 10.6 Å². The van der Waals surface area contributed by atoms with Crippen molar-refractivity contribution in [2.45, 2.75) is 12.8 Å². The smallest absolute Gasteiger partial charge is 0.226 e. The molecule has 0 radical (unpaired) electrons. The molecule has 0 saturated carbocycles. The average Bonchev–Trinajstić information content (AvgIpc) is 3.02. The number of amides is 1. The zero-order valence-electron chi connectivity index (χ0n) is 12.6. The van der Waals surface area contributed by atoms with Crippen molar-refractivity contribution in [3.63, 3.8) is 0 Å². The predicted octanol–water partition coefficient (Wildman–Crippen LogP) is 2.53. The molecule has 1 aliphatic rings. The van der Waals surface area contributed by atoms with Crippen molar-refractivity contribution in [3.8, 4) is 10.6 Å². The van der Waals surface area contributed by atoms with Gasteiger partial charge in [-0.3, -0.25) is 4.79 Å². The number of halogens is 1. The number of hydrogen-bond acceptors (Lipinski definition) is 4. The highest BCUT2D eigenvalue weighted by Crippen LogP contribution is 2.24. The van der Waals surface area contributed by atoms with E-state index in [0.29, 0.717) is 12.2 Å². The third-order valence-corrected chi connectivity index (χ3v) is 4.58. The summed E-state index contributed by atoms with van der Waals surface area (Å²) in [5.41, 5.74) is 2.71. The molecule has 120 valence electrons. The van der Waals surface area contributed by atoms with Crippen LogP contribution in [0.1, 0.15) is 12.1 Å². The quantitative estimate of drug-likeness (QED) is 0.828. The Morgan fingerprint density at radius 1 is 1.43 bits per heavy atom. The first-order chi connectivity index (χ1) is 11.2. The largest absolute Gasteiger partial charge is 0.352 e. The minimum absolute atomic E-state index is 0.0412. The van der Waals surface area contributed by atoms with Gasteiger partial charge in [-0.1, -0.05) is 23.8 Å². The van der Waals surface area contributed by atoms with Crippen LogP contribution >= 0.6 is 11.3 Å². The normalized spacial score (nSPS) is 14.4. The number of aromatic nitrogens is 1. The number of hydrogen-bond donors (Lipinski definition) is 2. The topological polar surface area (TPSA) is 54.0 Å². The minimum Gasteiger partial charge on any atom is -0.352 e. The van der Waals surface area contributed by atoms with Gasteiger partial charge in [0.25, 0.3) is 0 Å². The molecule has 0 fully saturated rings. The number of benzene rings is 1. The average molecular weight is 331 g/mol. The summed E-state index contributed by atoms with van der Waals surface area (Å²) in [5, 5.41) is 8.75. The molecule has 2 aromatic rings. The van der Waals surface area contributed by atoms with Crippen LogP contribution in [0, 0.1) is 5.82 Å². The number of nitrogens with one attached hydrogen (secondary N) is 2. The first-order valence-corrected chi connectivity index (χ1v) is 8.44. The van der Waals surface area contributed by atoms with E-state index in [-0.39, 0.29) is 18.1 Å². The van der Waals surface area contributed by atoms with Gasteiger partial charge in [0.2, 0.25) is 5.91 Å². The van der Waals surface area contributed by atoms with Gasteiger partial charge in [-0.05, 0) is 25.1 Å². The highest BCUT2D eigenvalue weighted by Gasteiger charge is 2.10. The van der Waals surface area contributed by atoms with E-state index in [1.807, 2.05) is 11.4 Å². The first-order valence-electron chi connectivity index (χ1n) is 7.56. The Labute approximate surface area is 138 Å². The van der Waals surface area contributed by atoms with E-state index in [9.17, 15) is 9.18 Å². The molecule has 0 spiro atoms. The Balaban J connectivity index is 1.56. The standard InChI is InChI=1S/C17H18FN3OS/c18-14-3-1-2-13(8-14)17-21-15(11-23-17)9-16(22)20-10-12-4-6-19-7-5-12/h1-4,8,11,19H,5-7,9-10H2,(H,20,22). The second-order valence-corrected chi connectivity index (χ2v) is 6.28. The molecule has 0 atom stereocenters. The van der Waals surface area contributed by atoms with Crippen LogP contribution in [-0.4, -0.2) is 30.5 Å². The van der Waals surface area contributed by atoms with Crippen molar-refractivity contribution in [2.75, 3.05) is 19.6 Å². The van der Waals surface area contributed by atoms with Gasteiger partial charge in [-0.15, -0.1) is 11.3 Å². The lowest BCUT2D eigenvalue weighted by atomic mass is 10.1. The summed E-state index contributed by atoms with van der Waals surface area (Å²) in [6.07, 6.45) is 3.34. The summed E-state index contributed by atoms with van der Waals surface area (Å²) in [6, 6.07) is 6.33. The van der Waals surface area contributed by atoms with Crippen molar-refractivity contribution < 1.29 is 9.18 Å². The van der Waals surface area contributed by atoms with E-state index < -0.39 is 0 Å². The molecule has 1 aromatic carbocycles. The molecule has 1 amide bonds. The van der Waals surface area contributed by atoms with E-state index in [1.165, 1.54) is 29.0 Å². The fraction of sp³-hybridized carbons (Fsp3) is 0.294. The highest BCUT2D eigenvalue weighted by molar-refractivity contribution is 7.13. The number of rotatable bonds is 5. The molecule has 0 aliphatic carbocycles. The molecule has 0 saturated heterocycles. The molecule has 6 heteroatoms. The Bertz CT molecular complexity index is 726. The van der Waals surface area contributed by atoms with Crippen LogP contribution in [0.15, 0.2) is 41.3 Å². The van der Waals surface area contributed by atoms with Crippen LogP contribution in [0.3, 0.4) is 0 Å². The summed E-state index contributed by atoms with van der Waals surface area (Å²) in [4.78, 5) is 16.4. The molecule has 0 unspecified atom stereocenters. The molecule has 0 bridgehead atoms. The third kappa shape index (κ3) is 4.46. The Hall–Kier alpha value is -2.05. The van der Waals surface area contributed by atoms with E-state index in [4.69, 9.17) is 0 Å². The fourth-order valence-corrected chi connectivity index (χ4v) is 3.23. The van der Waals surface area contributed by atoms with Crippen LogP contribution in [0.4, 0.5) is 4.39 Å². The lowest BCUT2D eigenvalue weighted by molar-refractivity contribution is -0.120. The Morgan fingerprint density at radius 2 is 2.35 bits per heavy atom. The van der Waals surface area contributed by atoms with Crippen LogP contribution < -0.4 is 10.6 Å². The van der Waals surface area contributed by atoms with E-state index in [2.05, 4.69) is 21.7 Å². The molecule has 4 nitrogen and oxygen atoms in total. The molecule has 23 heavy (non-hydrogen) atoms. The van der Waals surface area contributed by atoms with Crippen LogP contribution in [-0.2, 0) is 11.2 Å². The number of thiazole rings is 1. The second-order valence-electron chi connectivity index (χ2n) is 5.42. The zero-order valence-corrected chi connectivity index (χ0v) is 13.5. The minimum atomic E-state index is -0.285. The van der Waals surface area contributed by atoms with E-state index in [0.717, 1.165) is 30.1 Å². The number of carbonyl (C=O) groups excluding carboxylic acids is 1. The molecule has 1 aromatic heterocycles. The Kier molecular flexibility index (Phi) is 5.15. The van der Waals surface area contributed by atoms with Gasteiger partial charge < -0.3 is 10.6 Å². The first kappa shape index (κ1) is 15.8. The van der Waals surface area contributed by atoms with Crippen molar-refractivity contribution >= 4 is 17.2 Å². The predicted molar refractivity (Wildman–Crippen MR) is 89.8 cm³/mol. The Morgan fingerprint density at radius 3 is 3.13 bits per heavy atom. The van der Waals surface area contributed by atoms with Crippen molar-refractivity contribution in [2.24, 2.45) is 0 Å². The maximum Gasteiger partial charge on any atom is 0.226 e. The molecular weight excluding hydrogens is 313 g/mol. The van der Waals surface area contributed by atoms with E-state index >= 15 is 0 Å².